The Hall–Kier alpha value is -1.48. The first-order valence-electron chi connectivity index (χ1n) is 7.63. The molecule has 0 spiro atoms. The molecule has 1 aliphatic carbocycles. The first-order chi connectivity index (χ1) is 10.2. The lowest BCUT2D eigenvalue weighted by molar-refractivity contribution is 0.506. The standard InChI is InChI=1S/C18H21NOS/c1-13-6-8-14(9-7-13)17-11-10-15(12-21)18(20)19(17)16-4-2-3-5-16/h6-11,16,21H,2-5,12H2,1H3. The predicted molar refractivity (Wildman–Crippen MR) is 91.1 cm³/mol. The van der Waals surface area contributed by atoms with Crippen LogP contribution in [0.25, 0.3) is 11.3 Å². The molecule has 3 heteroatoms. The maximum Gasteiger partial charge on any atom is 0.255 e. The van der Waals surface area contributed by atoms with Crippen LogP contribution in [0.3, 0.4) is 0 Å². The number of pyridine rings is 1. The molecule has 1 fully saturated rings. The van der Waals surface area contributed by atoms with Crippen LogP contribution < -0.4 is 5.56 Å². The van der Waals surface area contributed by atoms with Crippen LogP contribution in [-0.2, 0) is 5.75 Å². The van der Waals surface area contributed by atoms with E-state index in [1.807, 2.05) is 10.6 Å². The molecule has 1 aromatic carbocycles. The maximum atomic E-state index is 12.8. The third-order valence-electron chi connectivity index (χ3n) is 4.40. The number of hydrogen-bond donors (Lipinski definition) is 1. The third-order valence-corrected chi connectivity index (χ3v) is 4.74. The molecular weight excluding hydrogens is 278 g/mol. The molecule has 0 radical (unpaired) electrons. The zero-order valence-electron chi connectivity index (χ0n) is 12.4. The van der Waals surface area contributed by atoms with Gasteiger partial charge in [-0.2, -0.15) is 12.6 Å². The number of aryl methyl sites for hydroxylation is 1. The Morgan fingerprint density at radius 3 is 2.38 bits per heavy atom. The van der Waals surface area contributed by atoms with Gasteiger partial charge in [0.1, 0.15) is 0 Å². The summed E-state index contributed by atoms with van der Waals surface area (Å²) >= 11 is 4.29. The number of rotatable bonds is 3. The van der Waals surface area contributed by atoms with Crippen LogP contribution in [0.15, 0.2) is 41.2 Å². The summed E-state index contributed by atoms with van der Waals surface area (Å²) < 4.78 is 2.02. The van der Waals surface area contributed by atoms with Crippen molar-refractivity contribution in [3.05, 3.63) is 57.9 Å². The summed E-state index contributed by atoms with van der Waals surface area (Å²) in [5, 5.41) is 0. The van der Waals surface area contributed by atoms with Gasteiger partial charge in [0.25, 0.3) is 5.56 Å². The van der Waals surface area contributed by atoms with Crippen molar-refractivity contribution in [3.63, 3.8) is 0 Å². The highest BCUT2D eigenvalue weighted by atomic mass is 32.1. The largest absolute Gasteiger partial charge is 0.305 e. The summed E-state index contributed by atoms with van der Waals surface area (Å²) in [6, 6.07) is 12.8. The average molecular weight is 299 g/mol. The molecule has 0 unspecified atom stereocenters. The Morgan fingerprint density at radius 2 is 1.76 bits per heavy atom. The highest BCUT2D eigenvalue weighted by Crippen LogP contribution is 2.32. The van der Waals surface area contributed by atoms with E-state index in [0.717, 1.165) is 29.7 Å². The summed E-state index contributed by atoms with van der Waals surface area (Å²) in [5.41, 5.74) is 4.32. The van der Waals surface area contributed by atoms with Crippen LogP contribution in [-0.4, -0.2) is 4.57 Å². The van der Waals surface area contributed by atoms with Crippen molar-refractivity contribution < 1.29 is 0 Å². The number of thiol groups is 1. The Bertz CT molecular complexity index is 681. The minimum Gasteiger partial charge on any atom is -0.305 e. The van der Waals surface area contributed by atoms with Gasteiger partial charge >= 0.3 is 0 Å². The molecule has 0 N–H and O–H groups in total. The lowest BCUT2D eigenvalue weighted by Gasteiger charge is -2.20. The summed E-state index contributed by atoms with van der Waals surface area (Å²) in [5.74, 6) is 0.500. The molecule has 0 aliphatic heterocycles. The smallest absolute Gasteiger partial charge is 0.255 e. The number of hydrogen-bond acceptors (Lipinski definition) is 2. The van der Waals surface area contributed by atoms with Gasteiger partial charge in [-0.3, -0.25) is 4.79 Å². The molecule has 3 rings (SSSR count). The van der Waals surface area contributed by atoms with Gasteiger partial charge in [-0.25, -0.2) is 0 Å². The topological polar surface area (TPSA) is 22.0 Å². The second-order valence-corrected chi connectivity index (χ2v) is 6.20. The fourth-order valence-electron chi connectivity index (χ4n) is 3.20. The second-order valence-electron chi connectivity index (χ2n) is 5.88. The third kappa shape index (κ3) is 2.80. The molecule has 21 heavy (non-hydrogen) atoms. The molecule has 1 aliphatic rings. The molecule has 1 saturated carbocycles. The van der Waals surface area contributed by atoms with Crippen molar-refractivity contribution in [2.24, 2.45) is 0 Å². The van der Waals surface area contributed by atoms with E-state index in [2.05, 4.69) is 49.9 Å². The number of nitrogens with zero attached hydrogens (tertiary/aromatic N) is 1. The van der Waals surface area contributed by atoms with Gasteiger partial charge in [0.05, 0.1) is 5.69 Å². The summed E-state index contributed by atoms with van der Waals surface area (Å²) in [7, 11) is 0. The molecule has 0 saturated heterocycles. The van der Waals surface area contributed by atoms with Crippen LogP contribution in [0.2, 0.25) is 0 Å². The van der Waals surface area contributed by atoms with E-state index in [9.17, 15) is 4.79 Å². The Balaban J connectivity index is 2.17. The second kappa shape index (κ2) is 6.10. The van der Waals surface area contributed by atoms with E-state index in [-0.39, 0.29) is 5.56 Å². The minimum atomic E-state index is 0.134. The van der Waals surface area contributed by atoms with Gasteiger partial charge in [0.2, 0.25) is 0 Å². The zero-order valence-corrected chi connectivity index (χ0v) is 13.3. The highest BCUT2D eigenvalue weighted by molar-refractivity contribution is 7.79. The SMILES string of the molecule is Cc1ccc(-c2ccc(CS)c(=O)n2C2CCCC2)cc1. The quantitative estimate of drug-likeness (QED) is 0.835. The van der Waals surface area contributed by atoms with Gasteiger partial charge in [-0.15, -0.1) is 0 Å². The van der Waals surface area contributed by atoms with E-state index in [0.29, 0.717) is 11.8 Å². The molecule has 1 heterocycles. The Kier molecular flexibility index (Phi) is 4.20. The first-order valence-corrected chi connectivity index (χ1v) is 8.26. The van der Waals surface area contributed by atoms with Crippen molar-refractivity contribution >= 4 is 12.6 Å². The van der Waals surface area contributed by atoms with E-state index in [1.165, 1.54) is 18.4 Å². The molecule has 1 aromatic heterocycles. The number of benzene rings is 1. The number of aromatic nitrogens is 1. The fourth-order valence-corrected chi connectivity index (χ4v) is 3.44. The maximum absolute atomic E-state index is 12.8. The van der Waals surface area contributed by atoms with E-state index in [1.54, 1.807) is 0 Å². The highest BCUT2D eigenvalue weighted by Gasteiger charge is 2.22. The van der Waals surface area contributed by atoms with E-state index < -0.39 is 0 Å². The fraction of sp³-hybridized carbons (Fsp3) is 0.389. The van der Waals surface area contributed by atoms with Crippen molar-refractivity contribution in [1.82, 2.24) is 4.57 Å². The van der Waals surface area contributed by atoms with Gasteiger partial charge in [-0.1, -0.05) is 48.7 Å². The molecule has 2 nitrogen and oxygen atoms in total. The minimum absolute atomic E-state index is 0.134. The molecular formula is C18H21NOS. The van der Waals surface area contributed by atoms with Crippen LogP contribution in [0.4, 0.5) is 0 Å². The van der Waals surface area contributed by atoms with Crippen molar-refractivity contribution in [2.75, 3.05) is 0 Å². The van der Waals surface area contributed by atoms with E-state index >= 15 is 0 Å². The lowest BCUT2D eigenvalue weighted by Crippen LogP contribution is -2.27. The average Bonchev–Trinajstić information content (AvgIpc) is 3.01. The summed E-state index contributed by atoms with van der Waals surface area (Å²) in [6.45, 7) is 2.08. The van der Waals surface area contributed by atoms with Crippen molar-refractivity contribution in [1.29, 1.82) is 0 Å². The van der Waals surface area contributed by atoms with Crippen molar-refractivity contribution in [3.8, 4) is 11.3 Å². The van der Waals surface area contributed by atoms with Gasteiger partial charge in [0, 0.05) is 17.4 Å². The molecule has 0 amide bonds. The van der Waals surface area contributed by atoms with E-state index in [4.69, 9.17) is 0 Å². The van der Waals surface area contributed by atoms with Crippen LogP contribution in [0.1, 0.15) is 42.9 Å². The van der Waals surface area contributed by atoms with Gasteiger partial charge < -0.3 is 4.57 Å². The van der Waals surface area contributed by atoms with Crippen molar-refractivity contribution in [2.45, 2.75) is 44.4 Å². The zero-order chi connectivity index (χ0) is 14.8. The van der Waals surface area contributed by atoms with Crippen LogP contribution >= 0.6 is 12.6 Å². The predicted octanol–water partition coefficient (Wildman–Crippen LogP) is 4.37. The molecule has 0 bridgehead atoms. The normalized spacial score (nSPS) is 15.5. The molecule has 0 atom stereocenters. The van der Waals surface area contributed by atoms with Gasteiger partial charge in [-0.05, 0) is 31.4 Å². The lowest BCUT2D eigenvalue weighted by atomic mass is 10.1. The summed E-state index contributed by atoms with van der Waals surface area (Å²) in [4.78, 5) is 12.8. The van der Waals surface area contributed by atoms with Gasteiger partial charge in [0.15, 0.2) is 0 Å². The molecule has 2 aromatic rings. The summed E-state index contributed by atoms with van der Waals surface area (Å²) in [6.07, 6.45) is 4.65. The van der Waals surface area contributed by atoms with Crippen LogP contribution in [0, 0.1) is 6.92 Å². The monoisotopic (exact) mass is 299 g/mol. The molecule has 110 valence electrons. The Morgan fingerprint density at radius 1 is 1.10 bits per heavy atom. The Labute approximate surface area is 131 Å². The van der Waals surface area contributed by atoms with Crippen LogP contribution in [0.5, 0.6) is 0 Å². The first kappa shape index (κ1) is 14.5.